The molecule has 1 fully saturated rings. The summed E-state index contributed by atoms with van der Waals surface area (Å²) in [7, 11) is 1.67. The van der Waals surface area contributed by atoms with Crippen molar-refractivity contribution in [3.05, 3.63) is 71.5 Å². The Kier molecular flexibility index (Phi) is 6.06. The van der Waals surface area contributed by atoms with Gasteiger partial charge in [-0.2, -0.15) is 5.10 Å². The number of hydrogen-bond donors (Lipinski definition) is 1. The van der Waals surface area contributed by atoms with Gasteiger partial charge in [-0.15, -0.1) is 11.3 Å². The predicted octanol–water partition coefficient (Wildman–Crippen LogP) is 4.79. The highest BCUT2D eigenvalue weighted by Gasteiger charge is 2.25. The molecule has 174 valence electrons. The monoisotopic (exact) mass is 473 g/mol. The molecule has 3 heterocycles. The minimum absolute atomic E-state index is 0.0437. The normalized spacial score (nSPS) is 13.9. The van der Waals surface area contributed by atoms with Crippen molar-refractivity contribution in [3.63, 3.8) is 0 Å². The Morgan fingerprint density at radius 1 is 1.00 bits per heavy atom. The Morgan fingerprint density at radius 3 is 2.38 bits per heavy atom. The number of anilines is 1. The van der Waals surface area contributed by atoms with Gasteiger partial charge in [-0.05, 0) is 44.2 Å². The maximum Gasteiger partial charge on any atom is 0.274 e. The second-order valence-corrected chi connectivity index (χ2v) is 9.44. The fourth-order valence-electron chi connectivity index (χ4n) is 4.14. The third-order valence-electron chi connectivity index (χ3n) is 6.14. The van der Waals surface area contributed by atoms with Crippen LogP contribution in [0.1, 0.15) is 21.7 Å². The van der Waals surface area contributed by atoms with Crippen molar-refractivity contribution in [1.82, 2.24) is 20.1 Å². The van der Waals surface area contributed by atoms with Crippen LogP contribution in [0.3, 0.4) is 0 Å². The van der Waals surface area contributed by atoms with Crippen LogP contribution >= 0.6 is 11.3 Å². The van der Waals surface area contributed by atoms with Gasteiger partial charge in [0.25, 0.3) is 5.91 Å². The number of rotatable bonds is 5. The Morgan fingerprint density at radius 2 is 1.71 bits per heavy atom. The molecule has 1 aliphatic rings. The van der Waals surface area contributed by atoms with E-state index in [1.165, 1.54) is 5.56 Å². The van der Waals surface area contributed by atoms with Gasteiger partial charge in [-0.25, -0.2) is 4.98 Å². The maximum atomic E-state index is 13.1. The predicted molar refractivity (Wildman–Crippen MR) is 136 cm³/mol. The smallest absolute Gasteiger partial charge is 0.274 e. The molecule has 7 nitrogen and oxygen atoms in total. The number of hydrogen-bond acceptors (Lipinski definition) is 6. The zero-order chi connectivity index (χ0) is 23.7. The van der Waals surface area contributed by atoms with Crippen molar-refractivity contribution in [2.75, 3.05) is 38.2 Å². The molecule has 0 atom stereocenters. The number of nitrogens with zero attached hydrogens (tertiary/aromatic N) is 4. The molecule has 1 N–H and O–H groups in total. The molecule has 4 aromatic rings. The van der Waals surface area contributed by atoms with Crippen molar-refractivity contribution in [1.29, 1.82) is 0 Å². The second-order valence-electron chi connectivity index (χ2n) is 8.44. The molecular formula is C26H27N5O2S. The van der Waals surface area contributed by atoms with Crippen LogP contribution in [0, 0.1) is 13.8 Å². The minimum atomic E-state index is -0.0437. The molecule has 34 heavy (non-hydrogen) atoms. The number of amides is 1. The molecule has 0 radical (unpaired) electrons. The van der Waals surface area contributed by atoms with Gasteiger partial charge in [-0.3, -0.25) is 9.89 Å². The van der Waals surface area contributed by atoms with Crippen molar-refractivity contribution in [3.8, 4) is 26.9 Å². The van der Waals surface area contributed by atoms with Crippen molar-refractivity contribution < 1.29 is 9.53 Å². The number of nitrogens with one attached hydrogen (secondary N) is 1. The van der Waals surface area contributed by atoms with E-state index < -0.39 is 0 Å². The van der Waals surface area contributed by atoms with E-state index in [-0.39, 0.29) is 5.91 Å². The van der Waals surface area contributed by atoms with Gasteiger partial charge in [0, 0.05) is 37.4 Å². The number of methoxy groups -OCH3 is 1. The molecule has 5 rings (SSSR count). The molecule has 1 saturated heterocycles. The maximum absolute atomic E-state index is 13.1. The number of benzene rings is 2. The number of carbonyl (C=O) groups is 1. The van der Waals surface area contributed by atoms with Gasteiger partial charge < -0.3 is 14.5 Å². The second kappa shape index (κ2) is 9.30. The number of thiazole rings is 1. The molecule has 0 unspecified atom stereocenters. The minimum Gasteiger partial charge on any atom is -0.497 e. The van der Waals surface area contributed by atoms with E-state index in [1.54, 1.807) is 18.4 Å². The largest absolute Gasteiger partial charge is 0.497 e. The molecule has 0 saturated carbocycles. The number of aromatic nitrogens is 3. The lowest BCUT2D eigenvalue weighted by Crippen LogP contribution is -2.48. The summed E-state index contributed by atoms with van der Waals surface area (Å²) in [5, 5.41) is 8.35. The molecule has 0 spiro atoms. The summed E-state index contributed by atoms with van der Waals surface area (Å²) in [4.78, 5) is 23.0. The number of aromatic amines is 1. The summed E-state index contributed by atoms with van der Waals surface area (Å²) in [6.07, 6.45) is 0. The number of H-pyrrole nitrogens is 1. The number of piperazine rings is 1. The highest BCUT2D eigenvalue weighted by molar-refractivity contribution is 7.18. The van der Waals surface area contributed by atoms with Gasteiger partial charge in [0.2, 0.25) is 0 Å². The first-order valence-electron chi connectivity index (χ1n) is 11.3. The van der Waals surface area contributed by atoms with Crippen molar-refractivity contribution in [2.45, 2.75) is 13.8 Å². The Labute approximate surface area is 203 Å². The molecule has 1 aliphatic heterocycles. The third kappa shape index (κ3) is 4.41. The zero-order valence-electron chi connectivity index (χ0n) is 19.5. The molecule has 0 bridgehead atoms. The van der Waals surface area contributed by atoms with Crippen LogP contribution < -0.4 is 9.64 Å². The van der Waals surface area contributed by atoms with E-state index in [1.807, 2.05) is 30.0 Å². The van der Waals surface area contributed by atoms with Crippen LogP contribution in [0.2, 0.25) is 0 Å². The number of carbonyl (C=O) groups excluding carboxylic acids is 1. The number of ether oxygens (including phenoxy) is 1. The molecule has 1 amide bonds. The number of aryl methyl sites for hydroxylation is 2. The van der Waals surface area contributed by atoms with Gasteiger partial charge in [-0.1, -0.05) is 29.8 Å². The van der Waals surface area contributed by atoms with Gasteiger partial charge >= 0.3 is 0 Å². The van der Waals surface area contributed by atoms with Crippen molar-refractivity contribution >= 4 is 22.9 Å². The lowest BCUT2D eigenvalue weighted by Gasteiger charge is -2.35. The van der Waals surface area contributed by atoms with Gasteiger partial charge in [0.15, 0.2) is 5.69 Å². The topological polar surface area (TPSA) is 74.3 Å². The van der Waals surface area contributed by atoms with Gasteiger partial charge in [0.05, 0.1) is 23.4 Å². The zero-order valence-corrected chi connectivity index (χ0v) is 20.4. The first-order chi connectivity index (χ1) is 16.5. The fourth-order valence-corrected chi connectivity index (χ4v) is 5.17. The molecule has 0 aliphatic carbocycles. The summed E-state index contributed by atoms with van der Waals surface area (Å²) in [6, 6.07) is 18.2. The average Bonchev–Trinajstić information content (AvgIpc) is 3.51. The lowest BCUT2D eigenvalue weighted by atomic mass is 10.2. The van der Waals surface area contributed by atoms with Crippen LogP contribution in [0.4, 0.5) is 5.69 Å². The summed E-state index contributed by atoms with van der Waals surface area (Å²) in [5.74, 6) is 0.798. The quantitative estimate of drug-likeness (QED) is 0.451. The summed E-state index contributed by atoms with van der Waals surface area (Å²) >= 11 is 1.61. The first kappa shape index (κ1) is 22.2. The Bertz CT molecular complexity index is 1290. The summed E-state index contributed by atoms with van der Waals surface area (Å²) in [6.45, 7) is 6.94. The standard InChI is InChI=1S/C26H27N5O2S/c1-17-4-6-19(7-5-17)25-27-18(2)24(34-25)22-16-23(29-28-22)26(32)31-14-12-30(13-15-31)20-8-10-21(33-3)11-9-20/h4-11,16H,12-15H2,1-3H3,(H,28,29). The summed E-state index contributed by atoms with van der Waals surface area (Å²) in [5.41, 5.74) is 5.65. The molecule has 8 heteroatoms. The highest BCUT2D eigenvalue weighted by Crippen LogP contribution is 2.34. The van der Waals surface area contributed by atoms with E-state index in [2.05, 4.69) is 58.4 Å². The SMILES string of the molecule is COc1ccc(N2CCN(C(=O)c3cc(-c4sc(-c5ccc(C)cc5)nc4C)[nH]n3)CC2)cc1. The fraction of sp³-hybridized carbons (Fsp3) is 0.269. The average molecular weight is 474 g/mol. The molecule has 2 aromatic carbocycles. The van der Waals surface area contributed by atoms with Crippen LogP contribution in [0.5, 0.6) is 5.75 Å². The Hall–Kier alpha value is -3.65. The lowest BCUT2D eigenvalue weighted by molar-refractivity contribution is 0.0741. The van der Waals surface area contributed by atoms with Crippen LogP contribution in [-0.2, 0) is 0 Å². The molecule has 2 aromatic heterocycles. The van der Waals surface area contributed by atoms with E-state index in [0.29, 0.717) is 18.8 Å². The third-order valence-corrected chi connectivity index (χ3v) is 7.38. The van der Waals surface area contributed by atoms with E-state index in [4.69, 9.17) is 9.72 Å². The molecular weight excluding hydrogens is 446 g/mol. The van der Waals surface area contributed by atoms with E-state index >= 15 is 0 Å². The first-order valence-corrected chi connectivity index (χ1v) is 12.1. The van der Waals surface area contributed by atoms with Crippen molar-refractivity contribution in [2.24, 2.45) is 0 Å². The van der Waals surface area contributed by atoms with Crippen LogP contribution in [0.15, 0.2) is 54.6 Å². The van der Waals surface area contributed by atoms with E-state index in [0.717, 1.165) is 51.4 Å². The van der Waals surface area contributed by atoms with Crippen LogP contribution in [-0.4, -0.2) is 59.3 Å². The Balaban J connectivity index is 1.26. The van der Waals surface area contributed by atoms with Gasteiger partial charge in [0.1, 0.15) is 10.8 Å². The van der Waals surface area contributed by atoms with Crippen LogP contribution in [0.25, 0.3) is 21.1 Å². The highest BCUT2D eigenvalue weighted by atomic mass is 32.1. The summed E-state index contributed by atoms with van der Waals surface area (Å²) < 4.78 is 5.24. The van der Waals surface area contributed by atoms with E-state index in [9.17, 15) is 4.79 Å².